The van der Waals surface area contributed by atoms with Crippen molar-refractivity contribution in [2.24, 2.45) is 4.99 Å². The van der Waals surface area contributed by atoms with E-state index in [0.29, 0.717) is 32.7 Å². The number of rotatable bonds is 4. The Morgan fingerprint density at radius 1 is 1.42 bits per heavy atom. The predicted octanol–water partition coefficient (Wildman–Crippen LogP) is 2.71. The second-order valence-corrected chi connectivity index (χ2v) is 5.94. The maximum Gasteiger partial charge on any atom is 0.350 e. The number of amides is 1. The quantitative estimate of drug-likeness (QED) is 0.861. The van der Waals surface area contributed by atoms with Crippen LogP contribution in [0.2, 0.25) is 0 Å². The molecule has 124 valence electrons. The van der Waals surface area contributed by atoms with Crippen LogP contribution in [0.25, 0.3) is 0 Å². The molecule has 8 heteroatoms. The van der Waals surface area contributed by atoms with Crippen molar-refractivity contribution < 1.29 is 19.1 Å². The lowest BCUT2D eigenvalue weighted by molar-refractivity contribution is -0.110. The van der Waals surface area contributed by atoms with Gasteiger partial charge in [0.1, 0.15) is 16.3 Å². The molecule has 0 bridgehead atoms. The molecule has 1 aliphatic heterocycles. The fraction of sp³-hybridized carbons (Fsp3) is 0.250. The van der Waals surface area contributed by atoms with Gasteiger partial charge in [0, 0.05) is 5.56 Å². The number of hydrogen-bond acceptors (Lipinski definition) is 7. The Balaban J connectivity index is 2.00. The summed E-state index contributed by atoms with van der Waals surface area (Å²) in [5.74, 6) is -0.124. The van der Waals surface area contributed by atoms with Gasteiger partial charge in [0.25, 0.3) is 5.91 Å². The van der Waals surface area contributed by atoms with E-state index in [4.69, 9.17) is 9.47 Å². The summed E-state index contributed by atoms with van der Waals surface area (Å²) in [6, 6.07) is 5.25. The number of carbonyl (C=O) groups excluding carboxylic acids is 2. The van der Waals surface area contributed by atoms with Gasteiger partial charge in [-0.3, -0.25) is 4.79 Å². The maximum absolute atomic E-state index is 12.2. The predicted molar refractivity (Wildman–Crippen MR) is 90.6 cm³/mol. The van der Waals surface area contributed by atoms with E-state index in [-0.39, 0.29) is 18.2 Å². The van der Waals surface area contributed by atoms with Gasteiger partial charge in [0.15, 0.2) is 0 Å². The number of hydrogen-bond donors (Lipinski definition) is 1. The summed E-state index contributed by atoms with van der Waals surface area (Å²) in [5.41, 5.74) is 2.08. The fourth-order valence-electron chi connectivity index (χ4n) is 2.28. The molecule has 3 rings (SSSR count). The van der Waals surface area contributed by atoms with Crippen molar-refractivity contribution in [2.45, 2.75) is 13.8 Å². The first kappa shape index (κ1) is 16.1. The smallest absolute Gasteiger partial charge is 0.350 e. The summed E-state index contributed by atoms with van der Waals surface area (Å²) >= 11 is 1.10. The molecule has 0 atom stereocenters. The van der Waals surface area contributed by atoms with E-state index in [2.05, 4.69) is 15.3 Å². The number of carbonyl (C=O) groups is 2. The topological polar surface area (TPSA) is 89.9 Å². The second-order valence-electron chi connectivity index (χ2n) is 4.96. The molecule has 1 amide bonds. The number of benzene rings is 1. The lowest BCUT2D eigenvalue weighted by atomic mass is 10.1. The van der Waals surface area contributed by atoms with E-state index in [1.807, 2.05) is 0 Å². The molecule has 24 heavy (non-hydrogen) atoms. The monoisotopic (exact) mass is 345 g/mol. The van der Waals surface area contributed by atoms with E-state index < -0.39 is 5.97 Å². The van der Waals surface area contributed by atoms with Crippen LogP contribution in [0.15, 0.2) is 23.2 Å². The van der Waals surface area contributed by atoms with Gasteiger partial charge in [-0.05, 0) is 32.0 Å². The summed E-state index contributed by atoms with van der Waals surface area (Å²) in [7, 11) is 1.55. The van der Waals surface area contributed by atoms with Gasteiger partial charge in [0.2, 0.25) is 5.13 Å². The minimum Gasteiger partial charge on any atom is -0.497 e. The average molecular weight is 345 g/mol. The van der Waals surface area contributed by atoms with Crippen molar-refractivity contribution in [2.75, 3.05) is 19.0 Å². The Morgan fingerprint density at radius 2 is 2.21 bits per heavy atom. The number of methoxy groups -OCH3 is 1. The van der Waals surface area contributed by atoms with Crippen LogP contribution in [-0.2, 0) is 9.53 Å². The Labute approximate surface area is 142 Å². The number of aliphatic imine (C=N–C) groups is 1. The molecule has 1 aromatic carbocycles. The largest absolute Gasteiger partial charge is 0.497 e. The van der Waals surface area contributed by atoms with E-state index in [1.165, 1.54) is 0 Å². The molecule has 1 aromatic heterocycles. The number of aromatic nitrogens is 1. The van der Waals surface area contributed by atoms with Crippen LogP contribution in [0.1, 0.15) is 27.9 Å². The van der Waals surface area contributed by atoms with Gasteiger partial charge in [-0.15, -0.1) is 0 Å². The van der Waals surface area contributed by atoms with Crippen LogP contribution < -0.4 is 10.1 Å². The summed E-state index contributed by atoms with van der Waals surface area (Å²) < 4.78 is 10.2. The normalized spacial score (nSPS) is 14.5. The molecule has 0 unspecified atom stereocenters. The van der Waals surface area contributed by atoms with E-state index in [9.17, 15) is 9.59 Å². The van der Waals surface area contributed by atoms with Crippen LogP contribution in [0.3, 0.4) is 0 Å². The third-order valence-electron chi connectivity index (χ3n) is 3.40. The fourth-order valence-corrected chi connectivity index (χ4v) is 3.12. The lowest BCUT2D eigenvalue weighted by Crippen LogP contribution is -2.13. The van der Waals surface area contributed by atoms with Crippen molar-refractivity contribution in [1.82, 2.24) is 4.98 Å². The summed E-state index contributed by atoms with van der Waals surface area (Å²) in [6.07, 6.45) is 0. The van der Waals surface area contributed by atoms with Crippen molar-refractivity contribution in [3.63, 3.8) is 0 Å². The Hall–Kier alpha value is -2.74. The zero-order valence-electron chi connectivity index (χ0n) is 13.4. The average Bonchev–Trinajstić information content (AvgIpc) is 3.08. The Kier molecular flexibility index (Phi) is 4.30. The van der Waals surface area contributed by atoms with Crippen molar-refractivity contribution >= 4 is 39.7 Å². The first-order chi connectivity index (χ1) is 11.5. The number of anilines is 1. The lowest BCUT2D eigenvalue weighted by Gasteiger charge is -2.02. The second kappa shape index (κ2) is 6.40. The number of aryl methyl sites for hydroxylation is 1. The van der Waals surface area contributed by atoms with E-state index in [1.54, 1.807) is 39.2 Å². The van der Waals surface area contributed by atoms with Crippen molar-refractivity contribution in [3.05, 3.63) is 34.3 Å². The molecule has 1 aliphatic rings. The third kappa shape index (κ3) is 2.88. The Bertz CT molecular complexity index is 857. The van der Waals surface area contributed by atoms with E-state index in [0.717, 1.165) is 11.3 Å². The van der Waals surface area contributed by atoms with Gasteiger partial charge in [0.05, 0.1) is 25.1 Å². The third-order valence-corrected chi connectivity index (χ3v) is 4.43. The van der Waals surface area contributed by atoms with Gasteiger partial charge >= 0.3 is 5.97 Å². The molecule has 7 nitrogen and oxygen atoms in total. The highest BCUT2D eigenvalue weighted by molar-refractivity contribution is 7.17. The van der Waals surface area contributed by atoms with Crippen LogP contribution in [-0.4, -0.2) is 36.3 Å². The molecule has 0 aliphatic carbocycles. The molecule has 1 N–H and O–H groups in total. The minimum atomic E-state index is -0.433. The highest BCUT2D eigenvalue weighted by atomic mass is 32.1. The van der Waals surface area contributed by atoms with Gasteiger partial charge in [-0.1, -0.05) is 11.3 Å². The molecule has 0 saturated carbocycles. The first-order valence-electron chi connectivity index (χ1n) is 7.26. The van der Waals surface area contributed by atoms with Gasteiger partial charge in [-0.2, -0.15) is 0 Å². The molecule has 0 fully saturated rings. The molecular formula is C16H15N3O4S. The number of nitrogens with one attached hydrogen (secondary N) is 1. The van der Waals surface area contributed by atoms with Crippen molar-refractivity contribution in [3.8, 4) is 5.75 Å². The molecule has 0 saturated heterocycles. The number of esters is 1. The number of nitrogens with zero attached hydrogens (tertiary/aromatic N) is 2. The Morgan fingerprint density at radius 3 is 2.92 bits per heavy atom. The zero-order chi connectivity index (χ0) is 17.3. The summed E-state index contributed by atoms with van der Waals surface area (Å²) in [5, 5.41) is 3.07. The highest BCUT2D eigenvalue weighted by Gasteiger charge is 2.27. The van der Waals surface area contributed by atoms with Crippen LogP contribution >= 0.6 is 11.3 Å². The number of ether oxygens (including phenoxy) is 2. The maximum atomic E-state index is 12.2. The molecule has 0 spiro atoms. The zero-order valence-corrected chi connectivity index (χ0v) is 14.2. The summed E-state index contributed by atoms with van der Waals surface area (Å²) in [6.45, 7) is 3.73. The van der Waals surface area contributed by atoms with Gasteiger partial charge in [-0.25, -0.2) is 14.8 Å². The molecule has 2 heterocycles. The van der Waals surface area contributed by atoms with Crippen LogP contribution in [0, 0.1) is 6.92 Å². The molecule has 0 radical (unpaired) electrons. The number of fused-ring (bicyclic) bond motifs is 1. The highest BCUT2D eigenvalue weighted by Crippen LogP contribution is 2.31. The molecule has 2 aromatic rings. The van der Waals surface area contributed by atoms with Crippen LogP contribution in [0.5, 0.6) is 5.75 Å². The van der Waals surface area contributed by atoms with Crippen molar-refractivity contribution in [1.29, 1.82) is 0 Å². The van der Waals surface area contributed by atoms with Gasteiger partial charge < -0.3 is 14.8 Å². The first-order valence-corrected chi connectivity index (χ1v) is 8.08. The SMILES string of the molecule is CCOC(=O)c1sc(/N=C2\C(=O)Nc3ccc(OC)cc32)nc1C. The number of thiazole rings is 1. The minimum absolute atomic E-state index is 0.244. The standard InChI is InChI=1S/C16H15N3O4S/c1-4-23-15(21)13-8(2)17-16(24-13)19-12-10-7-9(22-3)5-6-11(10)18-14(12)20/h5-7H,4H2,1-3H3,(H,17,18,19,20). The summed E-state index contributed by atoms with van der Waals surface area (Å²) in [4.78, 5) is 33.0. The molecular weight excluding hydrogens is 330 g/mol. The van der Waals surface area contributed by atoms with E-state index >= 15 is 0 Å². The van der Waals surface area contributed by atoms with Crippen LogP contribution in [0.4, 0.5) is 10.8 Å².